The van der Waals surface area contributed by atoms with Crippen molar-refractivity contribution in [3.05, 3.63) is 57.1 Å². The zero-order valence-corrected chi connectivity index (χ0v) is 11.4. The van der Waals surface area contributed by atoms with Crippen LogP contribution in [0.1, 0.15) is 5.89 Å². The van der Waals surface area contributed by atoms with Crippen LogP contribution in [0, 0.1) is 10.1 Å². The van der Waals surface area contributed by atoms with E-state index in [2.05, 4.69) is 10.1 Å². The van der Waals surface area contributed by atoms with E-state index in [9.17, 15) is 10.1 Å². The van der Waals surface area contributed by atoms with Gasteiger partial charge in [-0.1, -0.05) is 17.3 Å². The van der Waals surface area contributed by atoms with Crippen LogP contribution in [-0.4, -0.2) is 15.1 Å². The van der Waals surface area contributed by atoms with Crippen molar-refractivity contribution in [3.63, 3.8) is 0 Å². The van der Waals surface area contributed by atoms with Gasteiger partial charge < -0.3 is 9.26 Å². The fourth-order valence-electron chi connectivity index (χ4n) is 1.69. The molecule has 0 bridgehead atoms. The highest BCUT2D eigenvalue weighted by Crippen LogP contribution is 2.26. The number of benzene rings is 1. The van der Waals surface area contributed by atoms with Crippen LogP contribution in [0.5, 0.6) is 5.75 Å². The van der Waals surface area contributed by atoms with Crippen LogP contribution < -0.4 is 4.74 Å². The molecule has 0 unspecified atom stereocenters. The summed E-state index contributed by atoms with van der Waals surface area (Å²) in [6.07, 6.45) is 0. The molecule has 2 aromatic heterocycles. The molecule has 0 saturated carbocycles. The van der Waals surface area contributed by atoms with Gasteiger partial charge >= 0.3 is 5.69 Å². The van der Waals surface area contributed by atoms with Crippen LogP contribution in [0.15, 0.2) is 45.6 Å². The minimum Gasteiger partial charge on any atom is -0.477 e. The van der Waals surface area contributed by atoms with Crippen molar-refractivity contribution in [2.45, 2.75) is 6.61 Å². The number of ether oxygens (including phenoxy) is 1. The van der Waals surface area contributed by atoms with Crippen LogP contribution in [-0.2, 0) is 6.61 Å². The molecular weight excluding hydrogens is 294 g/mol. The van der Waals surface area contributed by atoms with Crippen molar-refractivity contribution < 1.29 is 14.2 Å². The van der Waals surface area contributed by atoms with Gasteiger partial charge in [0.15, 0.2) is 12.4 Å². The topological polar surface area (TPSA) is 91.3 Å². The maximum absolute atomic E-state index is 10.9. The third-order valence-electron chi connectivity index (χ3n) is 2.66. The Hall–Kier alpha value is -2.74. The minimum absolute atomic E-state index is 0.0258. The van der Waals surface area contributed by atoms with Crippen molar-refractivity contribution in [2.24, 2.45) is 0 Å². The Morgan fingerprint density at radius 2 is 2.19 bits per heavy atom. The molecule has 21 heavy (non-hydrogen) atoms. The fourth-order valence-corrected chi connectivity index (χ4v) is 2.33. The Morgan fingerprint density at radius 3 is 2.95 bits per heavy atom. The van der Waals surface area contributed by atoms with Crippen LogP contribution in [0.3, 0.4) is 0 Å². The molecule has 0 saturated heterocycles. The van der Waals surface area contributed by atoms with E-state index in [0.717, 1.165) is 5.56 Å². The molecule has 8 heteroatoms. The first kappa shape index (κ1) is 13.3. The normalized spacial score (nSPS) is 10.5. The highest BCUT2D eigenvalue weighted by molar-refractivity contribution is 7.08. The number of hydrogen-bond donors (Lipinski definition) is 0. The van der Waals surface area contributed by atoms with Crippen molar-refractivity contribution in [2.75, 3.05) is 0 Å². The van der Waals surface area contributed by atoms with E-state index in [1.165, 1.54) is 23.5 Å². The maximum atomic E-state index is 10.9. The molecule has 106 valence electrons. The lowest BCUT2D eigenvalue weighted by molar-refractivity contribution is -0.386. The molecule has 7 nitrogen and oxygen atoms in total. The van der Waals surface area contributed by atoms with Crippen LogP contribution in [0.4, 0.5) is 5.69 Å². The molecule has 0 fully saturated rings. The van der Waals surface area contributed by atoms with E-state index >= 15 is 0 Å². The number of nitro benzene ring substituents is 1. The summed E-state index contributed by atoms with van der Waals surface area (Å²) in [7, 11) is 0. The first-order valence-corrected chi connectivity index (χ1v) is 6.89. The predicted molar refractivity (Wildman–Crippen MR) is 75.0 cm³/mol. The lowest BCUT2D eigenvalue weighted by Crippen LogP contribution is -1.99. The lowest BCUT2D eigenvalue weighted by Gasteiger charge is -2.03. The molecule has 1 aromatic carbocycles. The molecule has 0 radical (unpaired) electrons. The Kier molecular flexibility index (Phi) is 3.61. The summed E-state index contributed by atoms with van der Waals surface area (Å²) in [6, 6.07) is 8.01. The van der Waals surface area contributed by atoms with Gasteiger partial charge in [0.2, 0.25) is 5.82 Å². The summed E-state index contributed by atoms with van der Waals surface area (Å²) in [4.78, 5) is 14.5. The van der Waals surface area contributed by atoms with Crippen molar-refractivity contribution >= 4 is 17.0 Å². The van der Waals surface area contributed by atoms with Gasteiger partial charge in [0, 0.05) is 17.0 Å². The van der Waals surface area contributed by atoms with Gasteiger partial charge in [-0.15, -0.1) is 0 Å². The Morgan fingerprint density at radius 1 is 1.33 bits per heavy atom. The highest BCUT2D eigenvalue weighted by atomic mass is 32.1. The molecule has 0 amide bonds. The van der Waals surface area contributed by atoms with E-state index in [1.54, 1.807) is 12.1 Å². The van der Waals surface area contributed by atoms with Crippen molar-refractivity contribution in [1.82, 2.24) is 10.1 Å². The van der Waals surface area contributed by atoms with E-state index < -0.39 is 4.92 Å². The second kappa shape index (κ2) is 5.71. The third-order valence-corrected chi connectivity index (χ3v) is 3.34. The number of hydrogen-bond acceptors (Lipinski definition) is 7. The highest BCUT2D eigenvalue weighted by Gasteiger charge is 2.15. The van der Waals surface area contributed by atoms with Crippen LogP contribution >= 0.6 is 11.3 Å². The number of aromatic nitrogens is 2. The second-order valence-electron chi connectivity index (χ2n) is 4.04. The third kappa shape index (κ3) is 2.90. The van der Waals surface area contributed by atoms with Gasteiger partial charge in [0.25, 0.3) is 5.89 Å². The molecule has 2 heterocycles. The number of rotatable bonds is 5. The van der Waals surface area contributed by atoms with Gasteiger partial charge in [0.1, 0.15) is 0 Å². The van der Waals surface area contributed by atoms with Crippen molar-refractivity contribution in [1.29, 1.82) is 0 Å². The number of nitro groups is 1. The molecule has 0 aliphatic rings. The molecule has 0 atom stereocenters. The first-order valence-electron chi connectivity index (χ1n) is 5.95. The average molecular weight is 303 g/mol. The molecule has 0 spiro atoms. The van der Waals surface area contributed by atoms with Gasteiger partial charge in [-0.25, -0.2) is 0 Å². The average Bonchev–Trinajstić information content (AvgIpc) is 3.16. The fraction of sp³-hybridized carbons (Fsp3) is 0.0769. The Bertz CT molecular complexity index is 754. The predicted octanol–water partition coefficient (Wildman–Crippen LogP) is 3.29. The van der Waals surface area contributed by atoms with Gasteiger partial charge in [0.05, 0.1) is 4.92 Å². The number of para-hydroxylation sites is 2. The van der Waals surface area contributed by atoms with E-state index in [0.29, 0.717) is 5.82 Å². The van der Waals surface area contributed by atoms with Gasteiger partial charge in [-0.05, 0) is 17.5 Å². The van der Waals surface area contributed by atoms with Gasteiger partial charge in [-0.2, -0.15) is 16.3 Å². The monoisotopic (exact) mass is 303 g/mol. The van der Waals surface area contributed by atoms with Crippen LogP contribution in [0.25, 0.3) is 11.4 Å². The van der Waals surface area contributed by atoms with Crippen LogP contribution in [0.2, 0.25) is 0 Å². The SMILES string of the molecule is O=[N+]([O-])c1ccccc1OCc1nc(-c2ccsc2)no1. The molecule has 3 rings (SSSR count). The largest absolute Gasteiger partial charge is 0.477 e. The maximum Gasteiger partial charge on any atom is 0.310 e. The smallest absolute Gasteiger partial charge is 0.310 e. The van der Waals surface area contributed by atoms with Gasteiger partial charge in [-0.3, -0.25) is 10.1 Å². The standard InChI is InChI=1S/C13H9N3O4S/c17-16(18)10-3-1-2-4-11(10)19-7-12-14-13(15-20-12)9-5-6-21-8-9/h1-6,8H,7H2. The Labute approximate surface area is 123 Å². The van der Waals surface area contributed by atoms with E-state index in [4.69, 9.17) is 9.26 Å². The Balaban J connectivity index is 1.73. The molecular formula is C13H9N3O4S. The summed E-state index contributed by atoms with van der Waals surface area (Å²) in [5.41, 5.74) is 0.760. The summed E-state index contributed by atoms with van der Waals surface area (Å²) in [6.45, 7) is -0.0258. The van der Waals surface area contributed by atoms with E-state index in [-0.39, 0.29) is 23.9 Å². The molecule has 3 aromatic rings. The molecule has 0 N–H and O–H groups in total. The number of nitrogens with zero attached hydrogens (tertiary/aromatic N) is 3. The zero-order chi connectivity index (χ0) is 14.7. The summed E-state index contributed by atoms with van der Waals surface area (Å²) in [5.74, 6) is 0.893. The lowest BCUT2D eigenvalue weighted by atomic mass is 10.3. The quantitative estimate of drug-likeness (QED) is 0.530. The first-order chi connectivity index (χ1) is 10.2. The number of thiophene rings is 1. The zero-order valence-electron chi connectivity index (χ0n) is 10.6. The molecule has 0 aliphatic carbocycles. The van der Waals surface area contributed by atoms with Crippen molar-refractivity contribution in [3.8, 4) is 17.1 Å². The summed E-state index contributed by atoms with van der Waals surface area (Å²) >= 11 is 1.53. The summed E-state index contributed by atoms with van der Waals surface area (Å²) < 4.78 is 10.4. The summed E-state index contributed by atoms with van der Waals surface area (Å²) in [5, 5.41) is 18.5. The van der Waals surface area contributed by atoms with E-state index in [1.807, 2.05) is 16.8 Å². The molecule has 0 aliphatic heterocycles. The second-order valence-corrected chi connectivity index (χ2v) is 4.82. The minimum atomic E-state index is -0.500.